The highest BCUT2D eigenvalue weighted by Gasteiger charge is 2.11. The lowest BCUT2D eigenvalue weighted by Crippen LogP contribution is -1.96. The van der Waals surface area contributed by atoms with Gasteiger partial charge in [0.2, 0.25) is 0 Å². The Balaban J connectivity index is 1.60. The van der Waals surface area contributed by atoms with Crippen LogP contribution in [0.4, 0.5) is 13.2 Å². The fraction of sp³-hybridized carbons (Fsp3) is 0.185. The molecule has 4 aromatic carbocycles. The third-order valence-electron chi connectivity index (χ3n) is 5.51. The summed E-state index contributed by atoms with van der Waals surface area (Å²) in [7, 11) is 0. The van der Waals surface area contributed by atoms with Gasteiger partial charge in [0, 0.05) is 10.9 Å². The van der Waals surface area contributed by atoms with Gasteiger partial charge in [0.1, 0.15) is 17.5 Å². The molecule has 0 bridgehead atoms. The van der Waals surface area contributed by atoms with Crippen molar-refractivity contribution in [2.45, 2.75) is 32.6 Å². The average molecular weight is 404 g/mol. The second-order valence-electron chi connectivity index (χ2n) is 7.67. The second kappa shape index (κ2) is 8.74. The van der Waals surface area contributed by atoms with E-state index >= 15 is 4.39 Å². The van der Waals surface area contributed by atoms with Gasteiger partial charge in [0.25, 0.3) is 0 Å². The van der Waals surface area contributed by atoms with Crippen molar-refractivity contribution in [2.75, 3.05) is 0 Å². The van der Waals surface area contributed by atoms with Gasteiger partial charge in [-0.05, 0) is 71.2 Å². The van der Waals surface area contributed by atoms with Gasteiger partial charge >= 0.3 is 0 Å². The molecule has 30 heavy (non-hydrogen) atoms. The molecule has 0 amide bonds. The molecule has 4 rings (SSSR count). The van der Waals surface area contributed by atoms with Crippen molar-refractivity contribution in [2.24, 2.45) is 0 Å². The minimum absolute atomic E-state index is 0.250. The van der Waals surface area contributed by atoms with Gasteiger partial charge in [-0.15, -0.1) is 0 Å². The van der Waals surface area contributed by atoms with Gasteiger partial charge in [-0.1, -0.05) is 61.9 Å². The summed E-state index contributed by atoms with van der Waals surface area (Å²) in [5.74, 6) is -0.778. The number of halogens is 3. The summed E-state index contributed by atoms with van der Waals surface area (Å²) >= 11 is 0. The van der Waals surface area contributed by atoms with Crippen LogP contribution in [-0.2, 0) is 19.3 Å². The van der Waals surface area contributed by atoms with Crippen LogP contribution in [0.3, 0.4) is 0 Å². The normalized spacial score (nSPS) is 11.2. The van der Waals surface area contributed by atoms with E-state index in [1.54, 1.807) is 42.5 Å². The summed E-state index contributed by atoms with van der Waals surface area (Å²) in [6.45, 7) is 2.07. The Morgan fingerprint density at radius 2 is 1.43 bits per heavy atom. The Bertz CT molecular complexity index is 1180. The van der Waals surface area contributed by atoms with Crippen molar-refractivity contribution in [1.29, 1.82) is 0 Å². The van der Waals surface area contributed by atoms with E-state index < -0.39 is 0 Å². The van der Waals surface area contributed by atoms with Crippen LogP contribution in [0.25, 0.3) is 21.9 Å². The minimum Gasteiger partial charge on any atom is -0.207 e. The van der Waals surface area contributed by atoms with E-state index in [1.165, 1.54) is 12.1 Å². The number of hydrogen-bond donors (Lipinski definition) is 0. The highest BCUT2D eigenvalue weighted by Crippen LogP contribution is 2.30. The first-order chi connectivity index (χ1) is 14.5. The van der Waals surface area contributed by atoms with E-state index in [4.69, 9.17) is 0 Å². The Hall–Kier alpha value is -3.07. The van der Waals surface area contributed by atoms with Crippen molar-refractivity contribution in [1.82, 2.24) is 0 Å². The quantitative estimate of drug-likeness (QED) is 0.309. The molecule has 0 atom stereocenters. The van der Waals surface area contributed by atoms with E-state index in [-0.39, 0.29) is 17.5 Å². The third-order valence-corrected chi connectivity index (χ3v) is 5.51. The highest BCUT2D eigenvalue weighted by atomic mass is 19.1. The molecule has 0 heterocycles. The predicted octanol–water partition coefficient (Wildman–Crippen LogP) is 7.66. The van der Waals surface area contributed by atoms with Crippen LogP contribution < -0.4 is 0 Å². The lowest BCUT2D eigenvalue weighted by atomic mass is 9.96. The lowest BCUT2D eigenvalue weighted by molar-refractivity contribution is 0.619. The van der Waals surface area contributed by atoms with Gasteiger partial charge in [-0.3, -0.25) is 0 Å². The summed E-state index contributed by atoms with van der Waals surface area (Å²) in [6, 6.07) is 20.6. The molecule has 0 unspecified atom stereocenters. The summed E-state index contributed by atoms with van der Waals surface area (Å²) < 4.78 is 42.7. The van der Waals surface area contributed by atoms with Gasteiger partial charge in [0.15, 0.2) is 0 Å². The summed E-state index contributed by atoms with van der Waals surface area (Å²) in [4.78, 5) is 0. The number of rotatable bonds is 6. The zero-order valence-electron chi connectivity index (χ0n) is 16.9. The Labute approximate surface area is 175 Å². The van der Waals surface area contributed by atoms with Crippen molar-refractivity contribution >= 4 is 10.8 Å². The first kappa shape index (κ1) is 20.2. The molecule has 4 aromatic rings. The molecule has 0 radical (unpaired) electrons. The summed E-state index contributed by atoms with van der Waals surface area (Å²) in [6.07, 6.45) is 2.98. The van der Waals surface area contributed by atoms with Crippen LogP contribution in [0.5, 0.6) is 0 Å². The largest absolute Gasteiger partial charge is 0.207 e. The molecule has 0 fully saturated rings. The average Bonchev–Trinajstić information content (AvgIpc) is 2.75. The van der Waals surface area contributed by atoms with Crippen LogP contribution in [-0.4, -0.2) is 0 Å². The van der Waals surface area contributed by atoms with Crippen molar-refractivity contribution in [3.05, 3.63) is 107 Å². The maximum atomic E-state index is 15.1. The van der Waals surface area contributed by atoms with Crippen molar-refractivity contribution in [3.8, 4) is 11.1 Å². The topological polar surface area (TPSA) is 0 Å². The van der Waals surface area contributed by atoms with Crippen LogP contribution >= 0.6 is 0 Å². The molecule has 0 nitrogen and oxygen atoms in total. The third kappa shape index (κ3) is 4.25. The molecule has 152 valence electrons. The molecule has 0 spiro atoms. The van der Waals surface area contributed by atoms with Crippen LogP contribution in [0.2, 0.25) is 0 Å². The SMILES string of the molecule is CCCc1ccc(-c2ccc3c(F)c(CCc4ccc(F)cc4)ccc3c2)c(F)c1. The molecule has 0 aliphatic carbocycles. The smallest absolute Gasteiger partial charge is 0.134 e. The van der Waals surface area contributed by atoms with Gasteiger partial charge in [-0.25, -0.2) is 13.2 Å². The lowest BCUT2D eigenvalue weighted by Gasteiger charge is -2.10. The number of hydrogen-bond acceptors (Lipinski definition) is 0. The van der Waals surface area contributed by atoms with Crippen LogP contribution in [0.15, 0.2) is 72.8 Å². The fourth-order valence-corrected chi connectivity index (χ4v) is 3.86. The Kier molecular flexibility index (Phi) is 5.89. The maximum Gasteiger partial charge on any atom is 0.134 e. The molecule has 0 saturated carbocycles. The monoisotopic (exact) mass is 404 g/mol. The predicted molar refractivity (Wildman–Crippen MR) is 117 cm³/mol. The molecule has 0 aliphatic rings. The van der Waals surface area contributed by atoms with E-state index in [0.717, 1.165) is 34.9 Å². The molecule has 3 heteroatoms. The Morgan fingerprint density at radius 3 is 2.17 bits per heavy atom. The number of fused-ring (bicyclic) bond motifs is 1. The summed E-state index contributed by atoms with van der Waals surface area (Å²) in [5, 5.41) is 1.27. The Morgan fingerprint density at radius 1 is 0.667 bits per heavy atom. The zero-order valence-corrected chi connectivity index (χ0v) is 16.9. The van der Waals surface area contributed by atoms with Crippen LogP contribution in [0, 0.1) is 17.5 Å². The first-order valence-corrected chi connectivity index (χ1v) is 10.3. The maximum absolute atomic E-state index is 15.1. The van der Waals surface area contributed by atoms with Crippen molar-refractivity contribution in [3.63, 3.8) is 0 Å². The number of aryl methyl sites for hydroxylation is 3. The number of benzene rings is 4. The molecular formula is C27H23F3. The van der Waals surface area contributed by atoms with E-state index in [2.05, 4.69) is 6.92 Å². The van der Waals surface area contributed by atoms with Gasteiger partial charge < -0.3 is 0 Å². The van der Waals surface area contributed by atoms with E-state index in [9.17, 15) is 8.78 Å². The summed E-state index contributed by atoms with van der Waals surface area (Å²) in [5.41, 5.74) is 3.83. The van der Waals surface area contributed by atoms with E-state index in [0.29, 0.717) is 29.4 Å². The van der Waals surface area contributed by atoms with Crippen molar-refractivity contribution < 1.29 is 13.2 Å². The molecular weight excluding hydrogens is 381 g/mol. The molecule has 0 saturated heterocycles. The second-order valence-corrected chi connectivity index (χ2v) is 7.67. The first-order valence-electron chi connectivity index (χ1n) is 10.3. The fourth-order valence-electron chi connectivity index (χ4n) is 3.86. The van der Waals surface area contributed by atoms with Crippen LogP contribution in [0.1, 0.15) is 30.0 Å². The highest BCUT2D eigenvalue weighted by molar-refractivity contribution is 5.88. The zero-order chi connectivity index (χ0) is 21.1. The van der Waals surface area contributed by atoms with E-state index in [1.807, 2.05) is 18.2 Å². The molecule has 0 aliphatic heterocycles. The minimum atomic E-state index is -0.275. The standard InChI is InChI=1S/C27H23F3/c1-2-3-19-7-14-24(26(29)16-19)21-11-15-25-22(17-21)10-9-20(27(25)30)8-4-18-5-12-23(28)13-6-18/h5-7,9-17H,2-4,8H2,1H3. The van der Waals surface area contributed by atoms with Gasteiger partial charge in [-0.2, -0.15) is 0 Å². The van der Waals surface area contributed by atoms with Gasteiger partial charge in [0.05, 0.1) is 0 Å². The molecule has 0 aromatic heterocycles. The molecule has 0 N–H and O–H groups in total.